The first kappa shape index (κ1) is 65.4. The molecule has 17 aromatic rings. The summed E-state index contributed by atoms with van der Waals surface area (Å²) in [6, 6.07) is 108. The van der Waals surface area contributed by atoms with E-state index >= 15 is 4.39 Å². The third-order valence-corrected chi connectivity index (χ3v) is 20.1. The Morgan fingerprint density at radius 2 is 0.605 bits per heavy atom. The number of hydrogen-bond donors (Lipinski definition) is 0. The SMILES string of the molecule is [2H]C(C)(C)c1cccc2c1oc1c(N(C)c3ccccc3)cccc12.[2H]C(C)(C)c1cccc2c1oc1c(N(C)c3ccccc3)cccc12.[2H]C([2H])([2H])c1ccc(N(C)c2ccc(F)c(-c3ccccc3)c2)cc1.[2H]C([2H])([2H])c1ccc(N(C)c2ccc(F)cc2-c2ccccc2)cc1.[2H]C([2H])([2H])c1ccc(N(C)c2cccc(-c3ccccc3)c2F)cc1. The molecule has 0 fully saturated rings. The van der Waals surface area contributed by atoms with Crippen molar-refractivity contribution in [1.29, 1.82) is 0 Å². The Balaban J connectivity index is 0.000000134. The third kappa shape index (κ3) is 18.0. The fourth-order valence-corrected chi connectivity index (χ4v) is 13.8. The van der Waals surface area contributed by atoms with E-state index in [1.54, 1.807) is 115 Å². The van der Waals surface area contributed by atoms with E-state index in [9.17, 15) is 8.78 Å². The molecule has 0 aliphatic rings. The number of anilines is 10. The smallest absolute Gasteiger partial charge is 0.159 e. The van der Waals surface area contributed by atoms with Crippen LogP contribution in [0.4, 0.5) is 70.0 Å². The molecule has 114 heavy (non-hydrogen) atoms. The van der Waals surface area contributed by atoms with Crippen molar-refractivity contribution < 1.29 is 37.1 Å². The molecule has 0 radical (unpaired) electrons. The summed E-state index contributed by atoms with van der Waals surface area (Å²) in [5.41, 5.74) is 19.2. The third-order valence-electron chi connectivity index (χ3n) is 20.1. The molecule has 0 aliphatic carbocycles. The number of fused-ring (bicyclic) bond motifs is 6. The summed E-state index contributed by atoms with van der Waals surface area (Å²) in [7, 11) is 9.60. The van der Waals surface area contributed by atoms with Crippen LogP contribution in [-0.2, 0) is 0 Å². The highest BCUT2D eigenvalue weighted by molar-refractivity contribution is 6.11. The van der Waals surface area contributed by atoms with E-state index in [2.05, 4.69) is 82.6 Å². The Morgan fingerprint density at radius 3 is 1.03 bits per heavy atom. The zero-order valence-electron chi connectivity index (χ0n) is 76.2. The van der Waals surface area contributed by atoms with Crippen molar-refractivity contribution in [3.8, 4) is 33.4 Å². The topological polar surface area (TPSA) is 42.5 Å². The summed E-state index contributed by atoms with van der Waals surface area (Å²) in [5.74, 6) is -2.30. The van der Waals surface area contributed by atoms with Crippen LogP contribution in [0.5, 0.6) is 0 Å². The van der Waals surface area contributed by atoms with E-state index in [4.69, 9.17) is 23.9 Å². The van der Waals surface area contributed by atoms with Crippen molar-refractivity contribution in [1.82, 2.24) is 0 Å². The molecule has 0 unspecified atom stereocenters. The number of benzene rings is 15. The van der Waals surface area contributed by atoms with Crippen molar-refractivity contribution in [3.63, 3.8) is 0 Å². The molecule has 2 heterocycles. The molecule has 570 valence electrons. The van der Waals surface area contributed by atoms with Gasteiger partial charge in [0.05, 0.1) is 17.1 Å². The fourth-order valence-electron chi connectivity index (χ4n) is 13.8. The van der Waals surface area contributed by atoms with Crippen LogP contribution >= 0.6 is 0 Å². The van der Waals surface area contributed by atoms with Crippen LogP contribution in [0, 0.1) is 38.0 Å². The Labute approximate surface area is 684 Å². The molecular formula is C104H96F3N5O2. The molecule has 0 spiro atoms. The maximum absolute atomic E-state index is 15.0. The lowest BCUT2D eigenvalue weighted by Gasteiger charge is -2.23. The molecule has 0 N–H and O–H groups in total. The van der Waals surface area contributed by atoms with E-state index in [1.807, 2.05) is 223 Å². The van der Waals surface area contributed by atoms with Crippen molar-refractivity contribution >= 4 is 101 Å². The fraction of sp³-hybridized carbons (Fsp3) is 0.135. The summed E-state index contributed by atoms with van der Waals surface area (Å²) in [6.07, 6.45) is 0. The number of furan rings is 2. The second-order valence-electron chi connectivity index (χ2n) is 28.0. The van der Waals surface area contributed by atoms with Gasteiger partial charge in [-0.15, -0.1) is 0 Å². The second kappa shape index (κ2) is 36.2. The predicted molar refractivity (Wildman–Crippen MR) is 478 cm³/mol. The summed E-state index contributed by atoms with van der Waals surface area (Å²) in [5, 5.41) is 4.30. The van der Waals surface area contributed by atoms with Gasteiger partial charge < -0.3 is 33.3 Å². The standard InChI is InChI=1S/2C22H21NO.3C20H18FN/c2*1-15(2)17-11-7-12-18-19-13-8-14-20(22(19)24-21(17)18)23(3)16-9-5-4-6-10-16;1-15-11-13-17(14-12-15)22(2)19-10-6-9-18(20(19)21)16-7-4-3-5-8-16;1-15-8-11-18(12-9-15)22(2)20-13-10-17(21)14-19(20)16-6-4-3-5-7-16;1-15-8-10-17(11-9-15)22(2)18-12-13-20(21)19(14-18)16-6-4-3-5-7-16/h2*4-15H,1-3H3;3*3-14H,1-2H3/i2*15D;3*1D3. The summed E-state index contributed by atoms with van der Waals surface area (Å²) < 4.78 is 140. The van der Waals surface area contributed by atoms with E-state index in [1.165, 1.54) is 18.2 Å². The van der Waals surface area contributed by atoms with Gasteiger partial charge in [0.15, 0.2) is 17.0 Å². The molecule has 2 aromatic heterocycles. The van der Waals surface area contributed by atoms with E-state index < -0.39 is 32.3 Å². The van der Waals surface area contributed by atoms with Crippen LogP contribution in [0.3, 0.4) is 0 Å². The predicted octanol–water partition coefficient (Wildman–Crippen LogP) is 29.7. The minimum atomic E-state index is -2.14. The van der Waals surface area contributed by atoms with Gasteiger partial charge in [0, 0.05) is 128 Å². The molecule has 10 heteroatoms. The molecule has 7 nitrogen and oxygen atoms in total. The highest BCUT2D eigenvalue weighted by Gasteiger charge is 2.21. The molecular weight excluding hydrogens is 1410 g/mol. The quantitative estimate of drug-likeness (QED) is 0.101. The van der Waals surface area contributed by atoms with E-state index in [0.29, 0.717) is 27.9 Å². The Hall–Kier alpha value is -13.3. The normalized spacial score (nSPS) is 12.9. The second-order valence-corrected chi connectivity index (χ2v) is 28.0. The number of nitrogens with zero attached hydrogens (tertiary/aromatic N) is 5. The number of rotatable bonds is 15. The number of para-hydroxylation sites is 6. The number of halogens is 3. The van der Waals surface area contributed by atoms with Gasteiger partial charge in [-0.05, 0) is 175 Å². The average molecular weight is 1520 g/mol. The first-order chi connectivity index (χ1) is 59.5. The van der Waals surface area contributed by atoms with Crippen LogP contribution in [0.1, 0.15) is 82.4 Å². The summed E-state index contributed by atoms with van der Waals surface area (Å²) >= 11 is 0. The lowest BCUT2D eigenvalue weighted by atomic mass is 10.0. The van der Waals surface area contributed by atoms with Gasteiger partial charge in [-0.3, -0.25) is 0 Å². The average Bonchev–Trinajstić information content (AvgIpc) is 1.62. The summed E-state index contributed by atoms with van der Waals surface area (Å²) in [4.78, 5) is 9.80. The first-order valence-corrected chi connectivity index (χ1v) is 37.6. The highest BCUT2D eigenvalue weighted by Crippen LogP contribution is 2.43. The maximum atomic E-state index is 15.0. The monoisotopic (exact) mass is 1510 g/mol. The van der Waals surface area contributed by atoms with Crippen LogP contribution in [0.25, 0.3) is 77.3 Å². The highest BCUT2D eigenvalue weighted by atomic mass is 19.1. The largest absolute Gasteiger partial charge is 0.454 e. The lowest BCUT2D eigenvalue weighted by molar-refractivity contribution is 0.628. The number of aryl methyl sites for hydroxylation is 3. The first-order valence-electron chi connectivity index (χ1n) is 43.1. The lowest BCUT2D eigenvalue weighted by Crippen LogP contribution is -2.11. The van der Waals surface area contributed by atoms with E-state index in [0.717, 1.165) is 128 Å². The molecule has 0 atom stereocenters. The number of hydrogen-bond acceptors (Lipinski definition) is 7. The van der Waals surface area contributed by atoms with Crippen molar-refractivity contribution in [2.24, 2.45) is 0 Å². The van der Waals surface area contributed by atoms with Crippen LogP contribution in [0.15, 0.2) is 361 Å². The Kier molecular flexibility index (Phi) is 20.8. The maximum Gasteiger partial charge on any atom is 0.159 e. The minimum absolute atomic E-state index is 0.267. The Morgan fingerprint density at radius 1 is 0.272 bits per heavy atom. The van der Waals surface area contributed by atoms with Crippen LogP contribution < -0.4 is 24.5 Å². The molecule has 0 aliphatic heterocycles. The zero-order chi connectivity index (χ0) is 89.3. The van der Waals surface area contributed by atoms with Crippen molar-refractivity contribution in [2.45, 2.75) is 60.0 Å². The molecule has 0 bridgehead atoms. The summed E-state index contributed by atoms with van der Waals surface area (Å²) in [6.45, 7) is 1.20. The van der Waals surface area contributed by atoms with E-state index in [-0.39, 0.29) is 23.0 Å². The molecule has 0 saturated heterocycles. The van der Waals surface area contributed by atoms with Gasteiger partial charge in [-0.2, -0.15) is 0 Å². The molecule has 15 aromatic carbocycles. The van der Waals surface area contributed by atoms with Gasteiger partial charge in [0.2, 0.25) is 0 Å². The van der Waals surface area contributed by atoms with Gasteiger partial charge in [-0.25, -0.2) is 13.2 Å². The Bertz CT molecular complexity index is 6300. The van der Waals surface area contributed by atoms with Crippen LogP contribution in [0.2, 0.25) is 0 Å². The minimum Gasteiger partial charge on any atom is -0.454 e. The van der Waals surface area contributed by atoms with Crippen molar-refractivity contribution in [3.05, 3.63) is 397 Å². The van der Waals surface area contributed by atoms with Crippen molar-refractivity contribution in [2.75, 3.05) is 59.7 Å². The van der Waals surface area contributed by atoms with Crippen LogP contribution in [-0.4, -0.2) is 35.2 Å². The van der Waals surface area contributed by atoms with Gasteiger partial charge in [0.25, 0.3) is 0 Å². The van der Waals surface area contributed by atoms with Gasteiger partial charge in [0.1, 0.15) is 22.8 Å². The van der Waals surface area contributed by atoms with Gasteiger partial charge in [-0.1, -0.05) is 281 Å². The van der Waals surface area contributed by atoms with Gasteiger partial charge >= 0.3 is 0 Å². The molecule has 0 amide bonds. The molecule has 17 rings (SSSR count). The molecule has 0 saturated carbocycles. The zero-order valence-corrected chi connectivity index (χ0v) is 65.2.